The van der Waals surface area contributed by atoms with E-state index in [1.54, 1.807) is 6.92 Å². The van der Waals surface area contributed by atoms with Crippen molar-refractivity contribution >= 4 is 5.91 Å². The van der Waals surface area contributed by atoms with Crippen LogP contribution in [0.4, 0.5) is 26.3 Å². The van der Waals surface area contributed by atoms with E-state index in [9.17, 15) is 31.1 Å². The molecule has 0 spiro atoms. The van der Waals surface area contributed by atoms with Gasteiger partial charge in [0.05, 0.1) is 6.04 Å². The first-order valence-corrected chi connectivity index (χ1v) is 7.22. The van der Waals surface area contributed by atoms with E-state index in [0.717, 1.165) is 11.6 Å². The van der Waals surface area contributed by atoms with E-state index in [1.807, 2.05) is 0 Å². The van der Waals surface area contributed by atoms with Crippen molar-refractivity contribution in [3.8, 4) is 0 Å². The summed E-state index contributed by atoms with van der Waals surface area (Å²) in [5.41, 5.74) is -3.63. The van der Waals surface area contributed by atoms with Crippen molar-refractivity contribution in [1.82, 2.24) is 4.90 Å². The Kier molecular flexibility index (Phi) is 3.51. The Morgan fingerprint density at radius 3 is 2.08 bits per heavy atom. The SMILES string of the molecule is Cc1ccc(C(=O)N2[C@@H]3C=C[C@@H](C3)C2(C(F)(F)F)C(F)(F)F)cc1. The van der Waals surface area contributed by atoms with Gasteiger partial charge in [-0.25, -0.2) is 0 Å². The third kappa shape index (κ3) is 2.08. The van der Waals surface area contributed by atoms with Crippen LogP contribution in [0.15, 0.2) is 36.4 Å². The number of carbonyl (C=O) groups excluding carboxylic acids is 1. The molecule has 0 radical (unpaired) electrons. The maximum absolute atomic E-state index is 13.6. The summed E-state index contributed by atoms with van der Waals surface area (Å²) in [5.74, 6) is -3.08. The summed E-state index contributed by atoms with van der Waals surface area (Å²) >= 11 is 0. The van der Waals surface area contributed by atoms with Crippen molar-refractivity contribution in [2.45, 2.75) is 37.3 Å². The number of halogens is 6. The van der Waals surface area contributed by atoms with Gasteiger partial charge in [-0.1, -0.05) is 29.8 Å². The molecular formula is C16H13F6NO. The zero-order valence-electron chi connectivity index (χ0n) is 12.4. The topological polar surface area (TPSA) is 20.3 Å². The number of hydrogen-bond acceptors (Lipinski definition) is 1. The number of amides is 1. The Hall–Kier alpha value is -1.99. The van der Waals surface area contributed by atoms with Gasteiger partial charge in [0.2, 0.25) is 5.54 Å². The summed E-state index contributed by atoms with van der Waals surface area (Å²) in [7, 11) is 0. The third-order valence-corrected chi connectivity index (χ3v) is 4.69. The first-order chi connectivity index (χ1) is 11.0. The number of benzene rings is 1. The van der Waals surface area contributed by atoms with Crippen LogP contribution in [0.1, 0.15) is 22.3 Å². The van der Waals surface area contributed by atoms with E-state index in [0.29, 0.717) is 0 Å². The highest BCUT2D eigenvalue weighted by Crippen LogP contribution is 2.60. The summed E-state index contributed by atoms with van der Waals surface area (Å²) in [6.45, 7) is 1.70. The molecule has 2 aliphatic rings. The zero-order chi connectivity index (χ0) is 17.9. The summed E-state index contributed by atoms with van der Waals surface area (Å²) in [5, 5.41) is 0. The molecule has 1 amide bonds. The molecule has 1 aromatic rings. The number of nitrogens with zero attached hydrogens (tertiary/aromatic N) is 1. The number of hydrogen-bond donors (Lipinski definition) is 0. The minimum atomic E-state index is -5.63. The highest BCUT2D eigenvalue weighted by atomic mass is 19.4. The maximum atomic E-state index is 13.6. The molecule has 1 aliphatic heterocycles. The van der Waals surface area contributed by atoms with Gasteiger partial charge in [-0.05, 0) is 25.5 Å². The van der Waals surface area contributed by atoms with Crippen molar-refractivity contribution in [1.29, 1.82) is 0 Å². The van der Waals surface area contributed by atoms with Crippen molar-refractivity contribution in [3.63, 3.8) is 0 Å². The lowest BCUT2D eigenvalue weighted by Gasteiger charge is -2.46. The van der Waals surface area contributed by atoms with Gasteiger partial charge in [0.25, 0.3) is 5.91 Å². The highest BCUT2D eigenvalue weighted by molar-refractivity contribution is 5.96. The van der Waals surface area contributed by atoms with Crippen LogP contribution in [0.2, 0.25) is 0 Å². The molecule has 0 N–H and O–H groups in total. The first-order valence-electron chi connectivity index (χ1n) is 7.22. The lowest BCUT2D eigenvalue weighted by molar-refractivity contribution is -0.336. The normalized spacial score (nSPS) is 25.4. The number of carbonyl (C=O) groups is 1. The molecular weight excluding hydrogens is 336 g/mol. The molecule has 130 valence electrons. The van der Waals surface area contributed by atoms with Gasteiger partial charge in [-0.3, -0.25) is 4.79 Å². The molecule has 2 atom stereocenters. The monoisotopic (exact) mass is 349 g/mol. The largest absolute Gasteiger partial charge is 0.421 e. The molecule has 1 heterocycles. The van der Waals surface area contributed by atoms with Gasteiger partial charge in [0, 0.05) is 11.5 Å². The van der Waals surface area contributed by atoms with Crippen molar-refractivity contribution in [3.05, 3.63) is 47.5 Å². The number of fused-ring (bicyclic) bond motifs is 2. The second-order valence-electron chi connectivity index (χ2n) is 6.10. The van der Waals surface area contributed by atoms with Crippen molar-refractivity contribution in [2.24, 2.45) is 5.92 Å². The van der Waals surface area contributed by atoms with Gasteiger partial charge < -0.3 is 4.90 Å². The van der Waals surface area contributed by atoms with Gasteiger partial charge in [-0.2, -0.15) is 26.3 Å². The van der Waals surface area contributed by atoms with Crippen LogP contribution in [-0.2, 0) is 0 Å². The van der Waals surface area contributed by atoms with Gasteiger partial charge >= 0.3 is 12.4 Å². The lowest BCUT2D eigenvalue weighted by Crippen LogP contribution is -2.70. The first kappa shape index (κ1) is 16.9. The van der Waals surface area contributed by atoms with Crippen LogP contribution in [-0.4, -0.2) is 34.7 Å². The molecule has 3 rings (SSSR count). The second kappa shape index (κ2) is 5.00. The molecule has 0 saturated carbocycles. The van der Waals surface area contributed by atoms with Gasteiger partial charge in [0.15, 0.2) is 0 Å². The molecule has 8 heteroatoms. The van der Waals surface area contributed by atoms with Crippen LogP contribution >= 0.6 is 0 Å². The predicted molar refractivity (Wildman–Crippen MR) is 73.2 cm³/mol. The Bertz CT molecular complexity index is 674. The Morgan fingerprint density at radius 2 is 1.58 bits per heavy atom. The van der Waals surface area contributed by atoms with Crippen LogP contribution < -0.4 is 0 Å². The number of rotatable bonds is 1. The van der Waals surface area contributed by atoms with Crippen LogP contribution in [0.3, 0.4) is 0 Å². The van der Waals surface area contributed by atoms with Crippen molar-refractivity contribution < 1.29 is 31.1 Å². The van der Waals surface area contributed by atoms with E-state index in [4.69, 9.17) is 0 Å². The molecule has 2 bridgehead atoms. The molecule has 1 aromatic carbocycles. The van der Waals surface area contributed by atoms with E-state index < -0.39 is 35.8 Å². The Balaban J connectivity index is 2.15. The molecule has 1 saturated heterocycles. The van der Waals surface area contributed by atoms with E-state index in [2.05, 4.69) is 0 Å². The zero-order valence-corrected chi connectivity index (χ0v) is 12.4. The Labute approximate surface area is 133 Å². The molecule has 0 unspecified atom stereocenters. The average molecular weight is 349 g/mol. The summed E-state index contributed by atoms with van der Waals surface area (Å²) < 4.78 is 81.7. The van der Waals surface area contributed by atoms with Crippen LogP contribution in [0.25, 0.3) is 0 Å². The molecule has 2 nitrogen and oxygen atoms in total. The third-order valence-electron chi connectivity index (χ3n) is 4.69. The van der Waals surface area contributed by atoms with E-state index >= 15 is 0 Å². The molecule has 1 fully saturated rings. The quantitative estimate of drug-likeness (QED) is 0.548. The maximum Gasteiger partial charge on any atom is 0.421 e. The molecule has 0 aromatic heterocycles. The summed E-state index contributed by atoms with van der Waals surface area (Å²) in [4.78, 5) is 12.5. The number of aryl methyl sites for hydroxylation is 1. The van der Waals surface area contributed by atoms with Crippen LogP contribution in [0, 0.1) is 12.8 Å². The standard InChI is InChI=1S/C16H13F6NO/c1-9-2-4-10(5-3-9)13(24)23-12-7-6-11(8-12)14(23,15(17,18)19)16(20,21)22/h2-7,11-12H,8H2,1H3/t11-,12+/m0/s1. The summed E-state index contributed by atoms with van der Waals surface area (Å²) in [6, 6.07) is 4.21. The minimum Gasteiger partial charge on any atom is -0.309 e. The van der Waals surface area contributed by atoms with E-state index in [1.165, 1.54) is 30.3 Å². The fourth-order valence-corrected chi connectivity index (χ4v) is 3.62. The second-order valence-corrected chi connectivity index (χ2v) is 6.10. The van der Waals surface area contributed by atoms with Crippen molar-refractivity contribution in [2.75, 3.05) is 0 Å². The Morgan fingerprint density at radius 1 is 1.04 bits per heavy atom. The minimum absolute atomic E-state index is 0.0255. The highest BCUT2D eigenvalue weighted by Gasteiger charge is 2.81. The fraction of sp³-hybridized carbons (Fsp3) is 0.438. The fourth-order valence-electron chi connectivity index (χ4n) is 3.62. The van der Waals surface area contributed by atoms with Gasteiger partial charge in [0.1, 0.15) is 0 Å². The number of alkyl halides is 6. The number of likely N-dealkylation sites (tertiary alicyclic amines) is 1. The van der Waals surface area contributed by atoms with E-state index in [-0.39, 0.29) is 16.9 Å². The summed E-state index contributed by atoms with van der Waals surface area (Å²) in [6.07, 6.45) is -9.47. The van der Waals surface area contributed by atoms with Gasteiger partial charge in [-0.15, -0.1) is 0 Å². The average Bonchev–Trinajstić information content (AvgIpc) is 3.04. The predicted octanol–water partition coefficient (Wildman–Crippen LogP) is 4.26. The molecule has 24 heavy (non-hydrogen) atoms. The smallest absolute Gasteiger partial charge is 0.309 e. The molecule has 1 aliphatic carbocycles. The lowest BCUT2D eigenvalue weighted by atomic mass is 9.83. The van der Waals surface area contributed by atoms with Crippen LogP contribution in [0.5, 0.6) is 0 Å².